The van der Waals surface area contributed by atoms with Crippen molar-refractivity contribution in [2.45, 2.75) is 40.7 Å². The van der Waals surface area contributed by atoms with E-state index in [1.807, 2.05) is 29.8 Å². The van der Waals surface area contributed by atoms with E-state index in [4.69, 9.17) is 5.73 Å². The van der Waals surface area contributed by atoms with E-state index in [0.717, 1.165) is 22.6 Å². The molecule has 0 spiro atoms. The Kier molecular flexibility index (Phi) is 2.49. The summed E-state index contributed by atoms with van der Waals surface area (Å²) in [5.74, 6) is 0.792. The van der Waals surface area contributed by atoms with Crippen LogP contribution in [0.5, 0.6) is 0 Å². The van der Waals surface area contributed by atoms with E-state index >= 15 is 0 Å². The van der Waals surface area contributed by atoms with Gasteiger partial charge in [-0.3, -0.25) is 0 Å². The molecular weight excluding hydrogens is 250 g/mol. The fraction of sp³-hybridized carbons (Fsp3) is 0.533. The molecule has 1 heterocycles. The number of nitrogens with two attached hydrogens (primary N) is 1. The quantitative estimate of drug-likeness (QED) is 0.853. The van der Waals surface area contributed by atoms with Crippen LogP contribution in [0.1, 0.15) is 39.3 Å². The van der Waals surface area contributed by atoms with E-state index in [2.05, 4.69) is 43.2 Å². The van der Waals surface area contributed by atoms with Gasteiger partial charge in [-0.1, -0.05) is 39.8 Å². The molecule has 2 aromatic rings. The fourth-order valence-electron chi connectivity index (χ4n) is 3.11. The number of nitrogen functional groups attached to an aromatic ring is 1. The van der Waals surface area contributed by atoms with Gasteiger partial charge in [0.25, 0.3) is 0 Å². The molecule has 1 aromatic heterocycles. The van der Waals surface area contributed by atoms with Gasteiger partial charge in [0.2, 0.25) is 0 Å². The van der Waals surface area contributed by atoms with Gasteiger partial charge >= 0.3 is 0 Å². The number of hydrogen-bond acceptors (Lipinski definition) is 4. The van der Waals surface area contributed by atoms with Crippen LogP contribution < -0.4 is 5.73 Å². The molecule has 106 valence electrons. The summed E-state index contributed by atoms with van der Waals surface area (Å²) in [6.07, 6.45) is 0. The van der Waals surface area contributed by atoms with E-state index in [1.165, 1.54) is 0 Å². The average Bonchev–Trinajstić information content (AvgIpc) is 2.71. The molecule has 3 rings (SSSR count). The maximum absolute atomic E-state index is 6.00. The van der Waals surface area contributed by atoms with Crippen LogP contribution in [0.2, 0.25) is 0 Å². The molecule has 0 aliphatic heterocycles. The second-order valence-corrected chi connectivity index (χ2v) is 6.86. The van der Waals surface area contributed by atoms with Gasteiger partial charge in [-0.15, -0.1) is 5.10 Å². The third kappa shape index (κ3) is 1.58. The van der Waals surface area contributed by atoms with Crippen molar-refractivity contribution in [2.24, 2.45) is 10.8 Å². The molecule has 0 saturated heterocycles. The number of rotatable bonds is 2. The lowest BCUT2D eigenvalue weighted by molar-refractivity contribution is 0.457. The van der Waals surface area contributed by atoms with Gasteiger partial charge in [0, 0.05) is 11.3 Å². The summed E-state index contributed by atoms with van der Waals surface area (Å²) in [5.41, 5.74) is 9.18. The second-order valence-electron chi connectivity index (χ2n) is 6.86. The summed E-state index contributed by atoms with van der Waals surface area (Å²) in [4.78, 5) is 0. The Labute approximate surface area is 119 Å². The van der Waals surface area contributed by atoms with Crippen molar-refractivity contribution >= 4 is 5.69 Å². The molecule has 1 fully saturated rings. The maximum Gasteiger partial charge on any atom is 0.182 e. The van der Waals surface area contributed by atoms with Crippen molar-refractivity contribution in [1.29, 1.82) is 0 Å². The van der Waals surface area contributed by atoms with E-state index in [1.54, 1.807) is 0 Å². The molecule has 0 radical (unpaired) electrons. The van der Waals surface area contributed by atoms with Crippen LogP contribution in [-0.4, -0.2) is 20.2 Å². The summed E-state index contributed by atoms with van der Waals surface area (Å²) in [6.45, 7) is 11.0. The monoisotopic (exact) mass is 271 g/mol. The molecule has 5 nitrogen and oxygen atoms in total. The Morgan fingerprint density at radius 1 is 1.15 bits per heavy atom. The van der Waals surface area contributed by atoms with Crippen molar-refractivity contribution in [2.75, 3.05) is 5.73 Å². The highest BCUT2D eigenvalue weighted by atomic mass is 15.6. The van der Waals surface area contributed by atoms with Crippen LogP contribution in [0.3, 0.4) is 0 Å². The Balaban J connectivity index is 2.06. The van der Waals surface area contributed by atoms with Gasteiger partial charge in [0.05, 0.1) is 6.04 Å². The minimum Gasteiger partial charge on any atom is -0.398 e. The number of hydrogen-bond donors (Lipinski definition) is 1. The molecule has 20 heavy (non-hydrogen) atoms. The number of tetrazole rings is 1. The number of aryl methyl sites for hydroxylation is 1. The van der Waals surface area contributed by atoms with E-state index in [-0.39, 0.29) is 10.8 Å². The molecular formula is C15H21N5. The van der Waals surface area contributed by atoms with Crippen molar-refractivity contribution in [1.82, 2.24) is 20.2 Å². The molecule has 0 amide bonds. The molecule has 1 aliphatic carbocycles. The first-order chi connectivity index (χ1) is 9.26. The molecule has 1 aliphatic rings. The highest BCUT2D eigenvalue weighted by molar-refractivity contribution is 5.63. The van der Waals surface area contributed by atoms with Crippen LogP contribution in [0.4, 0.5) is 5.69 Å². The van der Waals surface area contributed by atoms with Gasteiger partial charge < -0.3 is 5.73 Å². The van der Waals surface area contributed by atoms with Crippen LogP contribution >= 0.6 is 0 Å². The molecule has 0 unspecified atom stereocenters. The smallest absolute Gasteiger partial charge is 0.182 e. The van der Waals surface area contributed by atoms with Crippen molar-refractivity contribution in [3.05, 3.63) is 23.8 Å². The molecule has 1 aromatic carbocycles. The molecule has 1 saturated carbocycles. The Morgan fingerprint density at radius 3 is 2.35 bits per heavy atom. The van der Waals surface area contributed by atoms with E-state index in [0.29, 0.717) is 6.04 Å². The third-order valence-electron chi connectivity index (χ3n) is 5.22. The van der Waals surface area contributed by atoms with Gasteiger partial charge in [-0.25, -0.2) is 4.68 Å². The number of anilines is 1. The summed E-state index contributed by atoms with van der Waals surface area (Å²) in [5, 5.41) is 12.3. The van der Waals surface area contributed by atoms with Crippen LogP contribution in [0.25, 0.3) is 11.4 Å². The van der Waals surface area contributed by atoms with Gasteiger partial charge in [0.15, 0.2) is 5.82 Å². The first-order valence-electron chi connectivity index (χ1n) is 6.91. The average molecular weight is 271 g/mol. The van der Waals surface area contributed by atoms with Gasteiger partial charge in [-0.2, -0.15) is 0 Å². The summed E-state index contributed by atoms with van der Waals surface area (Å²) in [6, 6.07) is 6.28. The second kappa shape index (κ2) is 3.81. The maximum atomic E-state index is 6.00. The zero-order valence-corrected chi connectivity index (χ0v) is 12.7. The van der Waals surface area contributed by atoms with Gasteiger partial charge in [0.1, 0.15) is 0 Å². The zero-order valence-electron chi connectivity index (χ0n) is 12.7. The van der Waals surface area contributed by atoms with Gasteiger partial charge in [-0.05, 0) is 39.8 Å². The molecule has 0 atom stereocenters. The lowest BCUT2D eigenvalue weighted by Crippen LogP contribution is -2.06. The molecule has 2 N–H and O–H groups in total. The third-order valence-corrected chi connectivity index (χ3v) is 5.22. The largest absolute Gasteiger partial charge is 0.398 e. The Bertz CT molecular complexity index is 655. The Hall–Kier alpha value is -1.91. The Morgan fingerprint density at radius 2 is 1.80 bits per heavy atom. The van der Waals surface area contributed by atoms with Crippen LogP contribution in [-0.2, 0) is 0 Å². The predicted octanol–water partition coefficient (Wildman–Crippen LogP) is 2.84. The lowest BCUT2D eigenvalue weighted by atomic mass is 10.0. The first-order valence-corrected chi connectivity index (χ1v) is 6.91. The van der Waals surface area contributed by atoms with Crippen LogP contribution in [0.15, 0.2) is 18.2 Å². The highest BCUT2D eigenvalue weighted by Gasteiger charge is 2.67. The molecule has 5 heteroatoms. The fourth-order valence-corrected chi connectivity index (χ4v) is 3.11. The number of nitrogens with zero attached hydrogens (tertiary/aromatic N) is 4. The zero-order chi connectivity index (χ0) is 14.7. The van der Waals surface area contributed by atoms with Crippen molar-refractivity contribution < 1.29 is 0 Å². The first kappa shape index (κ1) is 13.1. The molecule has 0 bridgehead atoms. The van der Waals surface area contributed by atoms with Crippen molar-refractivity contribution in [3.63, 3.8) is 0 Å². The summed E-state index contributed by atoms with van der Waals surface area (Å²) < 4.78 is 1.95. The minimum atomic E-state index is 0.188. The number of benzene rings is 1. The lowest BCUT2D eigenvalue weighted by Gasteiger charge is -2.08. The standard InChI is InChI=1S/C15H21N5/c1-9-6-7-10(8-11(9)16)12-17-18-19-20(12)13-14(2,3)15(13,4)5/h6-8,13H,16H2,1-5H3. The van der Waals surface area contributed by atoms with E-state index in [9.17, 15) is 0 Å². The van der Waals surface area contributed by atoms with Crippen molar-refractivity contribution in [3.8, 4) is 11.4 Å². The SMILES string of the molecule is Cc1ccc(-c2nnnn2C2C(C)(C)C2(C)C)cc1N. The summed E-state index contributed by atoms with van der Waals surface area (Å²) >= 11 is 0. The topological polar surface area (TPSA) is 69.6 Å². The minimum absolute atomic E-state index is 0.188. The summed E-state index contributed by atoms with van der Waals surface area (Å²) in [7, 11) is 0. The van der Waals surface area contributed by atoms with Crippen LogP contribution in [0, 0.1) is 17.8 Å². The normalized spacial score (nSPS) is 20.1. The predicted molar refractivity (Wildman–Crippen MR) is 79.0 cm³/mol. The van der Waals surface area contributed by atoms with E-state index < -0.39 is 0 Å². The highest BCUT2D eigenvalue weighted by Crippen LogP contribution is 2.71. The number of aromatic nitrogens is 4.